The third kappa shape index (κ3) is 9.67. The van der Waals surface area contributed by atoms with Gasteiger partial charge in [0, 0.05) is 6.42 Å². The summed E-state index contributed by atoms with van der Waals surface area (Å²) in [6.07, 6.45) is -7.04. The van der Waals surface area contributed by atoms with Crippen molar-refractivity contribution in [3.05, 3.63) is 29.8 Å². The van der Waals surface area contributed by atoms with Crippen LogP contribution in [0, 0.1) is 3.56 Å². The van der Waals surface area contributed by atoms with Crippen molar-refractivity contribution < 1.29 is 53.8 Å². The molecule has 1 amide bonds. The topological polar surface area (TPSA) is 217 Å². The third-order valence-corrected chi connectivity index (χ3v) is 5.74. The first-order valence-electron chi connectivity index (χ1n) is 11.2. The first kappa shape index (κ1) is 30.7. The van der Waals surface area contributed by atoms with Gasteiger partial charge in [-0.2, -0.15) is 0 Å². The number of aliphatic hydroxyl groups is 4. The summed E-state index contributed by atoms with van der Waals surface area (Å²) in [6.45, 7) is 0.939. The number of Topliss-reactive ketones (excluding diaryl/α,β-unsaturated/α-hetero) is 1. The Labute approximate surface area is 222 Å². The van der Waals surface area contributed by atoms with Gasteiger partial charge in [-0.05, 0) is 31.0 Å². The van der Waals surface area contributed by atoms with Gasteiger partial charge in [-0.15, -0.1) is 0 Å². The molecule has 1 aliphatic heterocycles. The number of esters is 1. The van der Waals surface area contributed by atoms with Gasteiger partial charge in [0.1, 0.15) is 64.1 Å². The third-order valence-electron chi connectivity index (χ3n) is 5.18. The minimum Gasteiger partial charge on any atom is -0.464 e. The summed E-state index contributed by atoms with van der Waals surface area (Å²) >= 11 is -1.17. The Balaban J connectivity index is 1.89. The van der Waals surface area contributed by atoms with Crippen LogP contribution in [0.2, 0.25) is 0 Å². The van der Waals surface area contributed by atoms with E-state index in [0.29, 0.717) is 5.56 Å². The lowest BCUT2D eigenvalue weighted by molar-refractivity contribution is -0.277. The van der Waals surface area contributed by atoms with Crippen molar-refractivity contribution in [3.8, 4) is 5.75 Å². The van der Waals surface area contributed by atoms with E-state index in [1.54, 1.807) is 19.1 Å². The molecule has 1 saturated heterocycles. The first-order valence-corrected chi connectivity index (χ1v) is 13.3. The molecule has 37 heavy (non-hydrogen) atoms. The number of rotatable bonds is 13. The first-order chi connectivity index (χ1) is 17.7. The molecule has 1 heterocycles. The Hall–Kier alpha value is -2.57. The Morgan fingerprint density at radius 1 is 1.16 bits per heavy atom. The van der Waals surface area contributed by atoms with E-state index >= 15 is 0 Å². The number of nitrogens with one attached hydrogen (secondary N) is 2. The van der Waals surface area contributed by atoms with Crippen molar-refractivity contribution in [2.75, 3.05) is 13.2 Å². The number of benzene rings is 1. The monoisotopic (exact) mass is 639 g/mol. The quantitative estimate of drug-likeness (QED) is 0.0966. The van der Waals surface area contributed by atoms with Crippen LogP contribution in [0.15, 0.2) is 27.5 Å². The molecule has 15 heteroatoms. The standard InChI is InChI=1S/C22H30IN3O11/c1-2-34-20(32)15(8-5-13(28)9-25-23-24)26-22(33)35-11-12-3-6-14(7-4-12)36-21-19(31)18(30)17(29)16(10-27)37-21/h3-4,6-7,9,15-19,21,24,27,29-31H,2,5,8,10-11H2,1H3,(H,26,33)/b25-9+/t15-,16+,17+,18-,19+,21+/m0/s1. The smallest absolute Gasteiger partial charge is 0.408 e. The number of aliphatic hydroxyl groups excluding tert-OH is 4. The Morgan fingerprint density at radius 2 is 1.86 bits per heavy atom. The lowest BCUT2D eigenvalue weighted by Crippen LogP contribution is -2.60. The molecule has 0 bridgehead atoms. The molecule has 0 saturated carbocycles. The number of carbonyl (C=O) groups is 3. The van der Waals surface area contributed by atoms with Crippen LogP contribution in [-0.4, -0.2) is 94.4 Å². The highest BCUT2D eigenvalue weighted by molar-refractivity contribution is 14.1. The van der Waals surface area contributed by atoms with Gasteiger partial charge in [0.15, 0.2) is 5.78 Å². The van der Waals surface area contributed by atoms with Gasteiger partial charge in [0.05, 0.1) is 19.4 Å². The second-order valence-electron chi connectivity index (χ2n) is 7.80. The maximum absolute atomic E-state index is 12.2. The largest absolute Gasteiger partial charge is 0.464 e. The summed E-state index contributed by atoms with van der Waals surface area (Å²) in [5.41, 5.74) is 0.550. The molecule has 1 aromatic rings. The summed E-state index contributed by atoms with van der Waals surface area (Å²) in [4.78, 5) is 36.1. The van der Waals surface area contributed by atoms with Crippen molar-refractivity contribution in [2.24, 2.45) is 3.21 Å². The lowest BCUT2D eigenvalue weighted by Gasteiger charge is -2.39. The molecule has 0 radical (unpaired) electrons. The zero-order valence-electron chi connectivity index (χ0n) is 19.9. The van der Waals surface area contributed by atoms with E-state index in [0.717, 1.165) is 6.21 Å². The molecule has 1 aromatic carbocycles. The van der Waals surface area contributed by atoms with E-state index in [1.165, 1.54) is 12.1 Å². The molecule has 0 aliphatic carbocycles. The van der Waals surface area contributed by atoms with Gasteiger partial charge >= 0.3 is 12.1 Å². The molecule has 206 valence electrons. The van der Waals surface area contributed by atoms with E-state index in [4.69, 9.17) is 22.5 Å². The molecule has 0 spiro atoms. The highest BCUT2D eigenvalue weighted by Crippen LogP contribution is 2.24. The summed E-state index contributed by atoms with van der Waals surface area (Å²) in [5, 5.41) is 41.4. The van der Waals surface area contributed by atoms with Crippen molar-refractivity contribution >= 4 is 45.4 Å². The van der Waals surface area contributed by atoms with Crippen molar-refractivity contribution in [1.82, 2.24) is 5.32 Å². The number of hydrogen-bond donors (Lipinski definition) is 6. The minimum absolute atomic E-state index is 0.0287. The van der Waals surface area contributed by atoms with Gasteiger partial charge in [0.2, 0.25) is 6.29 Å². The fourth-order valence-corrected chi connectivity index (χ4v) is 3.67. The average Bonchev–Trinajstić information content (AvgIpc) is 2.89. The highest BCUT2D eigenvalue weighted by Gasteiger charge is 2.44. The summed E-state index contributed by atoms with van der Waals surface area (Å²) in [7, 11) is 0. The van der Waals surface area contributed by atoms with E-state index < -0.39 is 76.7 Å². The molecule has 14 nitrogen and oxygen atoms in total. The highest BCUT2D eigenvalue weighted by atomic mass is 127. The van der Waals surface area contributed by atoms with Gasteiger partial charge in [0.25, 0.3) is 0 Å². The fraction of sp³-hybridized carbons (Fsp3) is 0.545. The van der Waals surface area contributed by atoms with Crippen LogP contribution in [-0.2, 0) is 30.4 Å². The molecule has 1 aliphatic rings. The number of ketones is 1. The number of amides is 1. The molecule has 1 fully saturated rings. The Morgan fingerprint density at radius 3 is 2.49 bits per heavy atom. The van der Waals surface area contributed by atoms with E-state index in [-0.39, 0.29) is 37.6 Å². The number of ether oxygens (including phenoxy) is 4. The normalized spacial score (nSPS) is 24.3. The molecule has 0 unspecified atom stereocenters. The second kappa shape index (κ2) is 15.6. The molecule has 6 N–H and O–H groups in total. The number of hydrogen-bond acceptors (Lipinski definition) is 12. The van der Waals surface area contributed by atoms with Crippen molar-refractivity contribution in [1.29, 1.82) is 3.56 Å². The predicted molar refractivity (Wildman–Crippen MR) is 134 cm³/mol. The second-order valence-corrected chi connectivity index (χ2v) is 8.84. The number of nitrogens with zero attached hydrogens (tertiary/aromatic N) is 1. The zero-order valence-corrected chi connectivity index (χ0v) is 22.0. The maximum atomic E-state index is 12.2. The Bertz CT molecular complexity index is 944. The average molecular weight is 639 g/mol. The lowest BCUT2D eigenvalue weighted by atomic mass is 9.99. The van der Waals surface area contributed by atoms with Crippen LogP contribution in [0.1, 0.15) is 25.3 Å². The molecular formula is C22H30IN3O11. The molecule has 2 rings (SSSR count). The van der Waals surface area contributed by atoms with Crippen LogP contribution in [0.5, 0.6) is 5.75 Å². The van der Waals surface area contributed by atoms with Crippen molar-refractivity contribution in [2.45, 2.75) is 63.1 Å². The number of halogens is 1. The number of alkyl carbamates (subject to hydrolysis) is 1. The zero-order chi connectivity index (χ0) is 27.4. The van der Waals surface area contributed by atoms with Crippen molar-refractivity contribution in [3.63, 3.8) is 0 Å². The minimum atomic E-state index is -1.57. The Kier molecular flexibility index (Phi) is 12.9. The molecule has 6 atom stereocenters. The van der Waals surface area contributed by atoms with E-state index in [1.807, 2.05) is 0 Å². The van der Waals surface area contributed by atoms with E-state index in [9.17, 15) is 34.8 Å². The molecular weight excluding hydrogens is 609 g/mol. The predicted octanol–water partition coefficient (Wildman–Crippen LogP) is 0.0914. The van der Waals surface area contributed by atoms with Crippen LogP contribution in [0.25, 0.3) is 0 Å². The van der Waals surface area contributed by atoms with Crippen LogP contribution in [0.3, 0.4) is 0 Å². The van der Waals surface area contributed by atoms with Gasteiger partial charge < -0.3 is 44.7 Å². The SMILES string of the molecule is CCOC(=O)[C@H](CCC(=O)/C=N/I=N)NC(=O)OCc1ccc(O[C@@H]2O[C@H](CO)[C@@H](O)[C@H](O)[C@H]2O)cc1. The summed E-state index contributed by atoms with van der Waals surface area (Å²) in [5.74, 6) is -0.852. The maximum Gasteiger partial charge on any atom is 0.408 e. The van der Waals surface area contributed by atoms with E-state index in [2.05, 4.69) is 8.52 Å². The molecule has 0 aromatic heterocycles. The summed E-state index contributed by atoms with van der Waals surface area (Å²) in [6, 6.07) is 4.99. The number of carbonyl (C=O) groups excluding carboxylic acids is 3. The fourth-order valence-electron chi connectivity index (χ4n) is 3.22. The van der Waals surface area contributed by atoms with Gasteiger partial charge in [-0.1, -0.05) is 12.1 Å². The van der Waals surface area contributed by atoms with Gasteiger partial charge in [-0.25, -0.2) is 12.8 Å². The summed E-state index contributed by atoms with van der Waals surface area (Å²) < 4.78 is 31.5. The van der Waals surface area contributed by atoms with Crippen LogP contribution in [0.4, 0.5) is 4.79 Å². The van der Waals surface area contributed by atoms with Crippen LogP contribution >= 0.6 is 21.3 Å². The van der Waals surface area contributed by atoms with Gasteiger partial charge in [-0.3, -0.25) is 8.36 Å². The van der Waals surface area contributed by atoms with Crippen LogP contribution < -0.4 is 10.1 Å².